The third kappa shape index (κ3) is 2.81. The highest BCUT2D eigenvalue weighted by atomic mass is 19.1. The van der Waals surface area contributed by atoms with Gasteiger partial charge in [-0.3, -0.25) is 14.5 Å². The molecule has 1 N–H and O–H groups in total. The Hall–Kier alpha value is -1.91. The lowest BCUT2D eigenvalue weighted by Gasteiger charge is -2.22. The number of halogens is 1. The topological polar surface area (TPSA) is 49.4 Å². The first-order valence-electron chi connectivity index (χ1n) is 6.82. The number of carbonyl (C=O) groups is 2. The van der Waals surface area contributed by atoms with Gasteiger partial charge in [0, 0.05) is 11.7 Å². The van der Waals surface area contributed by atoms with E-state index in [4.69, 9.17) is 0 Å². The summed E-state index contributed by atoms with van der Waals surface area (Å²) < 4.78 is 13.3. The molecule has 1 aromatic rings. The average molecular weight is 278 g/mol. The molecule has 2 atom stereocenters. The zero-order valence-electron chi connectivity index (χ0n) is 11.9. The fourth-order valence-corrected chi connectivity index (χ4v) is 2.43. The lowest BCUT2D eigenvalue weighted by molar-refractivity contribution is -0.140. The number of nitrogens with one attached hydrogen (secondary N) is 1. The van der Waals surface area contributed by atoms with Crippen LogP contribution in [0, 0.1) is 12.7 Å². The summed E-state index contributed by atoms with van der Waals surface area (Å²) >= 11 is 0. The fourth-order valence-electron chi connectivity index (χ4n) is 2.43. The summed E-state index contributed by atoms with van der Waals surface area (Å²) in [4.78, 5) is 25.5. The fraction of sp³-hybridized carbons (Fsp3) is 0.467. The van der Waals surface area contributed by atoms with E-state index in [-0.39, 0.29) is 30.1 Å². The van der Waals surface area contributed by atoms with Crippen molar-refractivity contribution < 1.29 is 14.0 Å². The lowest BCUT2D eigenvalue weighted by Crippen LogP contribution is -2.40. The van der Waals surface area contributed by atoms with Crippen LogP contribution in [0.25, 0.3) is 0 Å². The Balaban J connectivity index is 2.15. The molecule has 1 saturated heterocycles. The molecular formula is C15H19FN2O2. The minimum Gasteiger partial charge on any atom is -0.373 e. The van der Waals surface area contributed by atoms with Gasteiger partial charge in [-0.2, -0.15) is 0 Å². The molecule has 4 nitrogen and oxygen atoms in total. The quantitative estimate of drug-likeness (QED) is 0.861. The largest absolute Gasteiger partial charge is 0.373 e. The van der Waals surface area contributed by atoms with Gasteiger partial charge in [0.1, 0.15) is 11.9 Å². The molecule has 1 fully saturated rings. The van der Waals surface area contributed by atoms with Crippen molar-refractivity contribution in [3.8, 4) is 0 Å². The maximum absolute atomic E-state index is 13.3. The van der Waals surface area contributed by atoms with Crippen LogP contribution in [-0.4, -0.2) is 28.8 Å². The molecule has 1 aromatic carbocycles. The van der Waals surface area contributed by atoms with Crippen LogP contribution in [0.1, 0.15) is 32.3 Å². The molecule has 0 radical (unpaired) electrons. The predicted molar refractivity (Wildman–Crippen MR) is 74.8 cm³/mol. The van der Waals surface area contributed by atoms with Crippen LogP contribution in [0.5, 0.6) is 0 Å². The van der Waals surface area contributed by atoms with Gasteiger partial charge in [0.15, 0.2) is 0 Å². The van der Waals surface area contributed by atoms with Gasteiger partial charge in [0.2, 0.25) is 5.91 Å². The Bertz CT molecular complexity index is 524. The van der Waals surface area contributed by atoms with Crippen LogP contribution in [0.4, 0.5) is 10.1 Å². The smallest absolute Gasteiger partial charge is 0.252 e. The standard InChI is InChI=1S/C15H19FN2O2/c1-4-10(3)18-14(19)8-13(15(18)20)17-12-6-9(2)5-11(16)7-12/h5-7,10,13,17H,4,8H2,1-3H3. The summed E-state index contributed by atoms with van der Waals surface area (Å²) in [5.74, 6) is -0.760. The van der Waals surface area contributed by atoms with E-state index in [1.807, 2.05) is 13.8 Å². The summed E-state index contributed by atoms with van der Waals surface area (Å²) in [6.07, 6.45) is 0.849. The van der Waals surface area contributed by atoms with Crippen LogP contribution in [-0.2, 0) is 9.59 Å². The second kappa shape index (κ2) is 5.61. The van der Waals surface area contributed by atoms with E-state index in [0.717, 1.165) is 12.0 Å². The molecule has 1 aliphatic heterocycles. The number of hydrogen-bond donors (Lipinski definition) is 1. The van der Waals surface area contributed by atoms with Crippen molar-refractivity contribution in [1.29, 1.82) is 0 Å². The first kappa shape index (κ1) is 14.5. The molecule has 0 aromatic heterocycles. The van der Waals surface area contributed by atoms with Crippen LogP contribution in [0.2, 0.25) is 0 Å². The summed E-state index contributed by atoms with van der Waals surface area (Å²) in [7, 11) is 0. The lowest BCUT2D eigenvalue weighted by atomic mass is 10.2. The minimum atomic E-state index is -0.599. The molecule has 0 bridgehead atoms. The van der Waals surface area contributed by atoms with Crippen molar-refractivity contribution >= 4 is 17.5 Å². The Kier molecular flexibility index (Phi) is 4.06. The van der Waals surface area contributed by atoms with Gasteiger partial charge in [-0.15, -0.1) is 0 Å². The zero-order valence-corrected chi connectivity index (χ0v) is 11.9. The van der Waals surface area contributed by atoms with Crippen LogP contribution in [0.3, 0.4) is 0 Å². The van der Waals surface area contributed by atoms with Crippen LogP contribution >= 0.6 is 0 Å². The summed E-state index contributed by atoms with van der Waals surface area (Å²) in [6.45, 7) is 5.56. The number of carbonyl (C=O) groups excluding carboxylic acids is 2. The number of aryl methyl sites for hydroxylation is 1. The van der Waals surface area contributed by atoms with Crippen LogP contribution < -0.4 is 5.32 Å². The third-order valence-corrected chi connectivity index (χ3v) is 3.60. The maximum atomic E-state index is 13.3. The normalized spacial score (nSPS) is 20.4. The number of amides is 2. The molecule has 108 valence electrons. The Morgan fingerprint density at radius 2 is 2.10 bits per heavy atom. The Morgan fingerprint density at radius 3 is 2.70 bits per heavy atom. The molecule has 20 heavy (non-hydrogen) atoms. The molecule has 2 amide bonds. The van der Waals surface area contributed by atoms with E-state index >= 15 is 0 Å². The highest BCUT2D eigenvalue weighted by Gasteiger charge is 2.40. The average Bonchev–Trinajstić information content (AvgIpc) is 2.62. The van der Waals surface area contributed by atoms with Crippen molar-refractivity contribution in [3.63, 3.8) is 0 Å². The van der Waals surface area contributed by atoms with Gasteiger partial charge in [-0.05, 0) is 44.0 Å². The van der Waals surface area contributed by atoms with E-state index in [1.54, 1.807) is 13.0 Å². The van der Waals surface area contributed by atoms with Crippen molar-refractivity contribution in [2.24, 2.45) is 0 Å². The number of anilines is 1. The summed E-state index contributed by atoms with van der Waals surface area (Å²) in [5, 5.41) is 2.96. The maximum Gasteiger partial charge on any atom is 0.252 e. The van der Waals surface area contributed by atoms with E-state index in [0.29, 0.717) is 5.69 Å². The van der Waals surface area contributed by atoms with Gasteiger partial charge in [-0.25, -0.2) is 4.39 Å². The number of nitrogens with zero attached hydrogens (tertiary/aromatic N) is 1. The van der Waals surface area contributed by atoms with Gasteiger partial charge in [0.05, 0.1) is 6.42 Å². The molecule has 0 saturated carbocycles. The first-order chi connectivity index (χ1) is 9.42. The third-order valence-electron chi connectivity index (χ3n) is 3.60. The van der Waals surface area contributed by atoms with E-state index in [9.17, 15) is 14.0 Å². The predicted octanol–water partition coefficient (Wildman–Crippen LogP) is 2.47. The van der Waals surface area contributed by atoms with E-state index < -0.39 is 6.04 Å². The molecule has 1 heterocycles. The second-order valence-corrected chi connectivity index (χ2v) is 5.28. The first-order valence-corrected chi connectivity index (χ1v) is 6.82. The van der Waals surface area contributed by atoms with Gasteiger partial charge in [0.25, 0.3) is 5.91 Å². The number of benzene rings is 1. The molecular weight excluding hydrogens is 259 g/mol. The highest BCUT2D eigenvalue weighted by Crippen LogP contribution is 2.22. The van der Waals surface area contributed by atoms with Gasteiger partial charge >= 0.3 is 0 Å². The van der Waals surface area contributed by atoms with Crippen LogP contribution in [0.15, 0.2) is 18.2 Å². The molecule has 5 heteroatoms. The summed E-state index contributed by atoms with van der Waals surface area (Å²) in [6, 6.07) is 3.80. The van der Waals surface area contributed by atoms with Crippen molar-refractivity contribution in [2.45, 2.75) is 45.7 Å². The molecule has 0 aliphatic carbocycles. The van der Waals surface area contributed by atoms with E-state index in [1.165, 1.54) is 17.0 Å². The van der Waals surface area contributed by atoms with Gasteiger partial charge in [-0.1, -0.05) is 6.92 Å². The Morgan fingerprint density at radius 1 is 1.40 bits per heavy atom. The number of imide groups is 1. The van der Waals surface area contributed by atoms with Crippen molar-refractivity contribution in [3.05, 3.63) is 29.6 Å². The molecule has 2 unspecified atom stereocenters. The molecule has 2 rings (SSSR count). The van der Waals surface area contributed by atoms with Crippen molar-refractivity contribution in [1.82, 2.24) is 4.90 Å². The SMILES string of the molecule is CCC(C)N1C(=O)CC(Nc2cc(C)cc(F)c2)C1=O. The molecule has 0 spiro atoms. The zero-order chi connectivity index (χ0) is 14.9. The highest BCUT2D eigenvalue weighted by molar-refractivity contribution is 6.07. The van der Waals surface area contributed by atoms with Crippen molar-refractivity contribution in [2.75, 3.05) is 5.32 Å². The monoisotopic (exact) mass is 278 g/mol. The molecule has 1 aliphatic rings. The second-order valence-electron chi connectivity index (χ2n) is 5.28. The van der Waals surface area contributed by atoms with Gasteiger partial charge < -0.3 is 5.32 Å². The summed E-state index contributed by atoms with van der Waals surface area (Å²) in [5.41, 5.74) is 1.29. The Labute approximate surface area is 118 Å². The number of likely N-dealkylation sites (tertiary alicyclic amines) is 1. The minimum absolute atomic E-state index is 0.101. The van der Waals surface area contributed by atoms with E-state index in [2.05, 4.69) is 5.32 Å². The number of rotatable bonds is 4. The number of hydrogen-bond acceptors (Lipinski definition) is 3.